The van der Waals surface area contributed by atoms with Gasteiger partial charge in [0, 0.05) is 35.2 Å². The minimum Gasteiger partial charge on any atom is -0.508 e. The van der Waals surface area contributed by atoms with Crippen molar-refractivity contribution in [3.05, 3.63) is 53.9 Å². The van der Waals surface area contributed by atoms with Crippen molar-refractivity contribution in [3.63, 3.8) is 0 Å². The quantitative estimate of drug-likeness (QED) is 0.775. The Morgan fingerprint density at radius 2 is 1.71 bits per heavy atom. The molecule has 1 fully saturated rings. The number of rotatable bonds is 3. The summed E-state index contributed by atoms with van der Waals surface area (Å²) in [5, 5.41) is 12.3. The fourth-order valence-electron chi connectivity index (χ4n) is 2.88. The van der Waals surface area contributed by atoms with Crippen LogP contribution in [0.4, 0.5) is 5.69 Å². The number of hydrogen-bond donors (Lipinski definition) is 1. The number of carbonyl (C=O) groups is 1. The maximum absolute atomic E-state index is 11.8. The van der Waals surface area contributed by atoms with Crippen molar-refractivity contribution >= 4 is 22.9 Å². The Labute approximate surface area is 144 Å². The molecule has 5 heteroatoms. The highest BCUT2D eigenvalue weighted by Gasteiger charge is 2.21. The lowest BCUT2D eigenvalue weighted by molar-refractivity contribution is -0.117. The van der Waals surface area contributed by atoms with Crippen LogP contribution in [0.1, 0.15) is 12.8 Å². The van der Waals surface area contributed by atoms with Crippen LogP contribution in [0.2, 0.25) is 0 Å². The highest BCUT2D eigenvalue weighted by Crippen LogP contribution is 2.31. The summed E-state index contributed by atoms with van der Waals surface area (Å²) in [6.07, 6.45) is 1.58. The van der Waals surface area contributed by atoms with Gasteiger partial charge in [-0.05, 0) is 42.8 Å². The molecule has 1 amide bonds. The van der Waals surface area contributed by atoms with Gasteiger partial charge in [-0.25, -0.2) is 4.98 Å². The van der Waals surface area contributed by atoms with Gasteiger partial charge in [-0.3, -0.25) is 4.79 Å². The summed E-state index contributed by atoms with van der Waals surface area (Å²) in [5.41, 5.74) is 3.90. The van der Waals surface area contributed by atoms with Crippen molar-refractivity contribution in [2.24, 2.45) is 0 Å². The number of phenolic OH excluding ortho intramolecular Hbond substituents is 1. The predicted molar refractivity (Wildman–Crippen MR) is 96.2 cm³/mol. The van der Waals surface area contributed by atoms with Crippen LogP contribution in [-0.2, 0) is 4.79 Å². The molecule has 1 saturated heterocycles. The van der Waals surface area contributed by atoms with Crippen LogP contribution in [0, 0.1) is 0 Å². The molecule has 0 bridgehead atoms. The number of aromatic hydroxyl groups is 1. The second kappa shape index (κ2) is 6.09. The van der Waals surface area contributed by atoms with E-state index in [0.29, 0.717) is 6.42 Å². The highest BCUT2D eigenvalue weighted by atomic mass is 32.1. The third kappa shape index (κ3) is 2.78. The summed E-state index contributed by atoms with van der Waals surface area (Å²) in [6, 6.07) is 15.0. The SMILES string of the molecule is O=C1CCCN1c1ccc(-c2csc(-c3ccc(O)cc3)n2)cc1. The van der Waals surface area contributed by atoms with Crippen LogP contribution in [0.5, 0.6) is 5.75 Å². The van der Waals surface area contributed by atoms with E-state index >= 15 is 0 Å². The van der Waals surface area contributed by atoms with Gasteiger partial charge in [0.05, 0.1) is 5.69 Å². The highest BCUT2D eigenvalue weighted by molar-refractivity contribution is 7.13. The van der Waals surface area contributed by atoms with Gasteiger partial charge in [0.2, 0.25) is 5.91 Å². The second-order valence-corrected chi connectivity index (χ2v) is 6.64. The zero-order chi connectivity index (χ0) is 16.5. The molecular formula is C19H16N2O2S. The van der Waals surface area contributed by atoms with Crippen molar-refractivity contribution in [2.45, 2.75) is 12.8 Å². The number of amides is 1. The molecule has 4 rings (SSSR count). The fourth-order valence-corrected chi connectivity index (χ4v) is 3.71. The Morgan fingerprint density at radius 1 is 1.00 bits per heavy atom. The lowest BCUT2D eigenvalue weighted by Crippen LogP contribution is -2.23. The molecule has 0 aliphatic carbocycles. The molecule has 1 N–H and O–H groups in total. The van der Waals surface area contributed by atoms with E-state index in [1.54, 1.807) is 23.5 Å². The molecule has 0 atom stereocenters. The Hall–Kier alpha value is -2.66. The Kier molecular flexibility index (Phi) is 3.78. The first-order chi connectivity index (χ1) is 11.7. The van der Waals surface area contributed by atoms with Gasteiger partial charge < -0.3 is 10.0 Å². The average molecular weight is 336 g/mol. The van der Waals surface area contributed by atoms with E-state index in [9.17, 15) is 9.90 Å². The smallest absolute Gasteiger partial charge is 0.227 e. The molecule has 3 aromatic rings. The van der Waals surface area contributed by atoms with E-state index in [2.05, 4.69) is 4.98 Å². The summed E-state index contributed by atoms with van der Waals surface area (Å²) >= 11 is 1.58. The molecular weight excluding hydrogens is 320 g/mol. The van der Waals surface area contributed by atoms with Crippen molar-refractivity contribution < 1.29 is 9.90 Å². The molecule has 0 unspecified atom stereocenters. The summed E-state index contributed by atoms with van der Waals surface area (Å²) in [6.45, 7) is 0.805. The predicted octanol–water partition coefficient (Wildman–Crippen LogP) is 4.31. The fraction of sp³-hybridized carbons (Fsp3) is 0.158. The number of anilines is 1. The summed E-state index contributed by atoms with van der Waals surface area (Å²) in [4.78, 5) is 18.3. The van der Waals surface area contributed by atoms with Gasteiger partial charge in [0.1, 0.15) is 10.8 Å². The van der Waals surface area contributed by atoms with Gasteiger partial charge in [0.15, 0.2) is 0 Å². The summed E-state index contributed by atoms with van der Waals surface area (Å²) in [5.74, 6) is 0.452. The summed E-state index contributed by atoms with van der Waals surface area (Å²) < 4.78 is 0. The summed E-state index contributed by atoms with van der Waals surface area (Å²) in [7, 11) is 0. The zero-order valence-electron chi connectivity index (χ0n) is 13.0. The molecule has 4 nitrogen and oxygen atoms in total. The van der Waals surface area contributed by atoms with E-state index in [4.69, 9.17) is 0 Å². The third-order valence-electron chi connectivity index (χ3n) is 4.17. The normalized spacial score (nSPS) is 14.3. The zero-order valence-corrected chi connectivity index (χ0v) is 13.8. The Morgan fingerprint density at radius 3 is 2.38 bits per heavy atom. The Balaban J connectivity index is 1.58. The molecule has 1 aliphatic heterocycles. The maximum atomic E-state index is 11.8. The number of thiazole rings is 1. The molecule has 24 heavy (non-hydrogen) atoms. The van der Waals surface area contributed by atoms with Crippen molar-refractivity contribution in [3.8, 4) is 27.6 Å². The average Bonchev–Trinajstić information content (AvgIpc) is 3.25. The molecule has 2 heterocycles. The largest absolute Gasteiger partial charge is 0.508 e. The number of carbonyl (C=O) groups excluding carboxylic acids is 1. The molecule has 0 radical (unpaired) electrons. The van der Waals surface area contributed by atoms with Crippen LogP contribution in [0.15, 0.2) is 53.9 Å². The number of aromatic nitrogens is 1. The second-order valence-electron chi connectivity index (χ2n) is 5.78. The van der Waals surface area contributed by atoms with E-state index in [1.807, 2.05) is 46.7 Å². The first-order valence-electron chi connectivity index (χ1n) is 7.86. The number of hydrogen-bond acceptors (Lipinski definition) is 4. The topological polar surface area (TPSA) is 53.4 Å². The first kappa shape index (κ1) is 14.9. The van der Waals surface area contributed by atoms with Crippen LogP contribution >= 0.6 is 11.3 Å². The van der Waals surface area contributed by atoms with Crippen LogP contribution in [0.25, 0.3) is 21.8 Å². The molecule has 2 aromatic carbocycles. The van der Waals surface area contributed by atoms with Crippen LogP contribution < -0.4 is 4.90 Å². The lowest BCUT2D eigenvalue weighted by atomic mass is 10.1. The van der Waals surface area contributed by atoms with Gasteiger partial charge in [0.25, 0.3) is 0 Å². The molecule has 120 valence electrons. The van der Waals surface area contributed by atoms with Crippen molar-refractivity contribution in [2.75, 3.05) is 11.4 Å². The van der Waals surface area contributed by atoms with E-state index in [0.717, 1.165) is 40.5 Å². The van der Waals surface area contributed by atoms with Gasteiger partial charge in [-0.15, -0.1) is 11.3 Å². The van der Waals surface area contributed by atoms with Crippen molar-refractivity contribution in [1.82, 2.24) is 4.98 Å². The number of benzene rings is 2. The first-order valence-corrected chi connectivity index (χ1v) is 8.74. The number of phenols is 1. The van der Waals surface area contributed by atoms with Crippen molar-refractivity contribution in [1.29, 1.82) is 0 Å². The van der Waals surface area contributed by atoms with E-state index in [1.165, 1.54) is 0 Å². The maximum Gasteiger partial charge on any atom is 0.227 e. The third-order valence-corrected chi connectivity index (χ3v) is 5.06. The molecule has 0 spiro atoms. The minimum absolute atomic E-state index is 0.200. The number of nitrogens with zero attached hydrogens (tertiary/aromatic N) is 2. The van der Waals surface area contributed by atoms with Crippen LogP contribution in [-0.4, -0.2) is 22.5 Å². The molecule has 0 saturated carbocycles. The van der Waals surface area contributed by atoms with Gasteiger partial charge >= 0.3 is 0 Å². The minimum atomic E-state index is 0.200. The molecule has 1 aromatic heterocycles. The Bertz CT molecular complexity index is 869. The standard InChI is InChI=1S/C19H16N2O2S/c22-16-9-5-14(6-10-16)19-20-17(12-24-19)13-3-7-15(8-4-13)21-11-1-2-18(21)23/h3-10,12,22H,1-2,11H2. The molecule has 1 aliphatic rings. The van der Waals surface area contributed by atoms with E-state index in [-0.39, 0.29) is 11.7 Å². The monoisotopic (exact) mass is 336 g/mol. The lowest BCUT2D eigenvalue weighted by Gasteiger charge is -2.15. The van der Waals surface area contributed by atoms with Gasteiger partial charge in [-0.2, -0.15) is 0 Å². The van der Waals surface area contributed by atoms with Crippen LogP contribution in [0.3, 0.4) is 0 Å². The van der Waals surface area contributed by atoms with E-state index < -0.39 is 0 Å². The van der Waals surface area contributed by atoms with Gasteiger partial charge in [-0.1, -0.05) is 12.1 Å².